The van der Waals surface area contributed by atoms with Crippen molar-refractivity contribution in [3.8, 4) is 0 Å². The van der Waals surface area contributed by atoms with Crippen LogP contribution in [0.1, 0.15) is 11.1 Å². The third-order valence-corrected chi connectivity index (χ3v) is 1.55. The van der Waals surface area contributed by atoms with E-state index in [0.29, 0.717) is 12.1 Å². The van der Waals surface area contributed by atoms with Gasteiger partial charge >= 0.3 is 0 Å². The first-order valence-corrected chi connectivity index (χ1v) is 3.88. The summed E-state index contributed by atoms with van der Waals surface area (Å²) in [6, 6.07) is 7.34. The van der Waals surface area contributed by atoms with Gasteiger partial charge in [0.15, 0.2) is 0 Å². The maximum absolute atomic E-state index is 12.2. The third-order valence-electron chi connectivity index (χ3n) is 1.55. The molecule has 12 heavy (non-hydrogen) atoms. The molecule has 1 rings (SSSR count). The van der Waals surface area contributed by atoms with Gasteiger partial charge in [-0.05, 0) is 17.2 Å². The maximum Gasteiger partial charge on any atom is 0.115 e. The molecule has 64 valence electrons. The zero-order valence-electron chi connectivity index (χ0n) is 6.83. The predicted octanol–water partition coefficient (Wildman–Crippen LogP) is 2.13. The van der Waals surface area contributed by atoms with Gasteiger partial charge in [-0.3, -0.25) is 0 Å². The van der Waals surface area contributed by atoms with Crippen molar-refractivity contribution in [1.82, 2.24) is 0 Å². The van der Waals surface area contributed by atoms with Crippen LogP contribution in [0.3, 0.4) is 0 Å². The van der Waals surface area contributed by atoms with Gasteiger partial charge in [-0.15, -0.1) is 0 Å². The smallest absolute Gasteiger partial charge is 0.115 e. The van der Waals surface area contributed by atoms with Crippen LogP contribution in [-0.4, -0.2) is 6.54 Å². The molecule has 1 aromatic carbocycles. The molecular weight excluding hydrogens is 153 g/mol. The van der Waals surface area contributed by atoms with Gasteiger partial charge in [0, 0.05) is 6.54 Å². The van der Waals surface area contributed by atoms with Gasteiger partial charge in [-0.25, -0.2) is 4.39 Å². The summed E-state index contributed by atoms with van der Waals surface area (Å²) in [5.41, 5.74) is 6.98. The minimum atomic E-state index is -0.412. The van der Waals surface area contributed by atoms with Gasteiger partial charge in [0.2, 0.25) is 0 Å². The third kappa shape index (κ3) is 2.47. The molecule has 0 atom stereocenters. The largest absolute Gasteiger partial charge is 0.327 e. The summed E-state index contributed by atoms with van der Waals surface area (Å²) in [5, 5.41) is 0. The Morgan fingerprint density at radius 3 is 2.92 bits per heavy atom. The van der Waals surface area contributed by atoms with Crippen molar-refractivity contribution in [3.05, 3.63) is 41.5 Å². The molecule has 0 unspecified atom stereocenters. The first-order chi connectivity index (χ1) is 5.86. The number of hydrogen-bond donors (Lipinski definition) is 1. The van der Waals surface area contributed by atoms with Crippen molar-refractivity contribution in [2.75, 3.05) is 6.54 Å². The van der Waals surface area contributed by atoms with Crippen molar-refractivity contribution in [1.29, 1.82) is 0 Å². The molecule has 2 heteroatoms. The quantitative estimate of drug-likeness (QED) is 0.729. The van der Waals surface area contributed by atoms with Crippen molar-refractivity contribution in [3.63, 3.8) is 0 Å². The predicted molar refractivity (Wildman–Crippen MR) is 49.3 cm³/mol. The van der Waals surface area contributed by atoms with Crippen molar-refractivity contribution in [2.45, 2.75) is 6.67 Å². The van der Waals surface area contributed by atoms with Crippen LogP contribution in [-0.2, 0) is 6.67 Å². The van der Waals surface area contributed by atoms with E-state index in [1.807, 2.05) is 30.4 Å². The van der Waals surface area contributed by atoms with E-state index >= 15 is 0 Å². The highest BCUT2D eigenvalue weighted by molar-refractivity contribution is 5.50. The molecule has 1 aromatic rings. The summed E-state index contributed by atoms with van der Waals surface area (Å²) in [6.45, 7) is 0.101. The summed E-state index contributed by atoms with van der Waals surface area (Å²) < 4.78 is 12.2. The van der Waals surface area contributed by atoms with Crippen LogP contribution in [0.5, 0.6) is 0 Å². The Hall–Kier alpha value is -1.15. The van der Waals surface area contributed by atoms with Gasteiger partial charge in [-0.2, -0.15) is 0 Å². The molecule has 0 fully saturated rings. The molecule has 0 bridgehead atoms. The van der Waals surface area contributed by atoms with E-state index < -0.39 is 6.67 Å². The van der Waals surface area contributed by atoms with E-state index in [4.69, 9.17) is 5.73 Å². The number of nitrogens with two attached hydrogens (primary N) is 1. The second-order valence-corrected chi connectivity index (χ2v) is 2.52. The molecule has 0 saturated carbocycles. The molecule has 0 saturated heterocycles. The van der Waals surface area contributed by atoms with E-state index in [1.165, 1.54) is 0 Å². The van der Waals surface area contributed by atoms with Crippen molar-refractivity contribution < 1.29 is 4.39 Å². The molecule has 0 amide bonds. The Morgan fingerprint density at radius 2 is 2.25 bits per heavy atom. The minimum Gasteiger partial charge on any atom is -0.327 e. The minimum absolute atomic E-state index is 0.412. The summed E-state index contributed by atoms with van der Waals surface area (Å²) >= 11 is 0. The number of rotatable bonds is 3. The van der Waals surface area contributed by atoms with Crippen LogP contribution in [0.15, 0.2) is 30.3 Å². The van der Waals surface area contributed by atoms with E-state index in [2.05, 4.69) is 0 Å². The summed E-state index contributed by atoms with van der Waals surface area (Å²) in [5.74, 6) is 0. The molecular formula is C10H12FN. The Morgan fingerprint density at radius 1 is 1.42 bits per heavy atom. The Balaban J connectivity index is 2.79. The Labute approximate surface area is 71.7 Å². The standard InChI is InChI=1S/C10H12FN/c11-8-10-4-1-3-9(7-10)5-2-6-12/h1-5,7H,6,8,12H2/b5-2+. The fraction of sp³-hybridized carbons (Fsp3) is 0.200. The number of hydrogen-bond acceptors (Lipinski definition) is 1. The summed E-state index contributed by atoms with van der Waals surface area (Å²) in [6.07, 6.45) is 3.73. The summed E-state index contributed by atoms with van der Waals surface area (Å²) in [4.78, 5) is 0. The SMILES string of the molecule is NC/C=C/c1cccc(CF)c1. The Kier molecular flexibility index (Phi) is 3.48. The van der Waals surface area contributed by atoms with E-state index in [0.717, 1.165) is 5.56 Å². The highest BCUT2D eigenvalue weighted by atomic mass is 19.1. The number of benzene rings is 1. The second-order valence-electron chi connectivity index (χ2n) is 2.52. The highest BCUT2D eigenvalue weighted by Crippen LogP contribution is 2.07. The fourth-order valence-electron chi connectivity index (χ4n) is 0.984. The zero-order valence-corrected chi connectivity index (χ0v) is 6.83. The topological polar surface area (TPSA) is 26.0 Å². The van der Waals surface area contributed by atoms with Crippen molar-refractivity contribution >= 4 is 6.08 Å². The molecule has 0 radical (unpaired) electrons. The molecule has 0 aliphatic rings. The molecule has 0 aliphatic heterocycles. The highest BCUT2D eigenvalue weighted by Gasteiger charge is 1.90. The first kappa shape index (κ1) is 8.94. The van der Waals surface area contributed by atoms with Crippen LogP contribution in [0.2, 0.25) is 0 Å². The van der Waals surface area contributed by atoms with Gasteiger partial charge < -0.3 is 5.73 Å². The summed E-state index contributed by atoms with van der Waals surface area (Å²) in [7, 11) is 0. The van der Waals surface area contributed by atoms with Gasteiger partial charge in [0.05, 0.1) is 0 Å². The van der Waals surface area contributed by atoms with Gasteiger partial charge in [-0.1, -0.05) is 30.4 Å². The molecule has 0 aromatic heterocycles. The van der Waals surface area contributed by atoms with Crippen LogP contribution in [0, 0.1) is 0 Å². The van der Waals surface area contributed by atoms with Gasteiger partial charge in [0.25, 0.3) is 0 Å². The Bertz CT molecular complexity index is 268. The van der Waals surface area contributed by atoms with Crippen LogP contribution < -0.4 is 5.73 Å². The second kappa shape index (κ2) is 4.67. The van der Waals surface area contributed by atoms with Crippen LogP contribution in [0.25, 0.3) is 6.08 Å². The van der Waals surface area contributed by atoms with Crippen LogP contribution >= 0.6 is 0 Å². The van der Waals surface area contributed by atoms with E-state index in [1.54, 1.807) is 6.07 Å². The fourth-order valence-corrected chi connectivity index (χ4v) is 0.984. The average Bonchev–Trinajstić information content (AvgIpc) is 2.15. The zero-order chi connectivity index (χ0) is 8.81. The lowest BCUT2D eigenvalue weighted by Crippen LogP contribution is -1.92. The molecule has 1 nitrogen and oxygen atoms in total. The van der Waals surface area contributed by atoms with Crippen molar-refractivity contribution in [2.24, 2.45) is 5.73 Å². The molecule has 2 N–H and O–H groups in total. The van der Waals surface area contributed by atoms with Gasteiger partial charge in [0.1, 0.15) is 6.67 Å². The normalized spacial score (nSPS) is 10.8. The van der Waals surface area contributed by atoms with Crippen LogP contribution in [0.4, 0.5) is 4.39 Å². The average molecular weight is 165 g/mol. The number of halogens is 1. The van der Waals surface area contributed by atoms with E-state index in [9.17, 15) is 4.39 Å². The molecule has 0 aliphatic carbocycles. The maximum atomic E-state index is 12.2. The molecule has 0 spiro atoms. The first-order valence-electron chi connectivity index (χ1n) is 3.88. The lowest BCUT2D eigenvalue weighted by atomic mass is 10.1. The number of alkyl halides is 1. The lowest BCUT2D eigenvalue weighted by molar-refractivity contribution is 0.485. The molecule has 0 heterocycles. The van der Waals surface area contributed by atoms with E-state index in [-0.39, 0.29) is 0 Å². The monoisotopic (exact) mass is 165 g/mol. The lowest BCUT2D eigenvalue weighted by Gasteiger charge is -1.95.